The van der Waals surface area contributed by atoms with E-state index in [1.165, 1.54) is 6.20 Å². The summed E-state index contributed by atoms with van der Waals surface area (Å²) in [5, 5.41) is 2.75. The van der Waals surface area contributed by atoms with Crippen molar-refractivity contribution in [3.63, 3.8) is 0 Å². The molecule has 0 fully saturated rings. The fraction of sp³-hybridized carbons (Fsp3) is 0.333. The molecule has 0 saturated heterocycles. The highest BCUT2D eigenvalue weighted by Crippen LogP contribution is 2.39. The predicted molar refractivity (Wildman–Crippen MR) is 113 cm³/mol. The largest absolute Gasteiger partial charge is 0.454 e. The van der Waals surface area contributed by atoms with Gasteiger partial charge >= 0.3 is 12.4 Å². The molecule has 0 spiro atoms. The molecule has 3 heterocycles. The normalized spacial score (nSPS) is 17.1. The van der Waals surface area contributed by atoms with Crippen LogP contribution < -0.4 is 14.8 Å². The van der Waals surface area contributed by atoms with Gasteiger partial charge in [0.1, 0.15) is 11.5 Å². The molecule has 0 bridgehead atoms. The molecule has 1 aromatic heterocycles. The highest BCUT2D eigenvalue weighted by Gasteiger charge is 2.38. The van der Waals surface area contributed by atoms with E-state index in [1.54, 1.807) is 22.8 Å². The van der Waals surface area contributed by atoms with Gasteiger partial charge < -0.3 is 19.4 Å². The van der Waals surface area contributed by atoms with Gasteiger partial charge in [-0.25, -0.2) is 4.98 Å². The zero-order valence-electron chi connectivity index (χ0n) is 18.5. The smallest absolute Gasteiger partial charge is 0.416 e. The van der Waals surface area contributed by atoms with E-state index >= 15 is 0 Å². The van der Waals surface area contributed by atoms with Crippen LogP contribution in [0.15, 0.2) is 42.6 Å². The lowest BCUT2D eigenvalue weighted by molar-refractivity contribution is -0.143. The SMILES string of the molecule is O=C(NCc1ccc2c(c1)OCO2)c1cn2c(n1)CCC(c1cc(C(F)(F)F)cc(C(F)(F)F)c1)C2. The fourth-order valence-electron chi connectivity index (χ4n) is 4.36. The molecule has 36 heavy (non-hydrogen) atoms. The van der Waals surface area contributed by atoms with Crippen molar-refractivity contribution in [3.8, 4) is 11.5 Å². The van der Waals surface area contributed by atoms with Crippen LogP contribution in [0.5, 0.6) is 11.5 Å². The van der Waals surface area contributed by atoms with Crippen LogP contribution in [0.3, 0.4) is 0 Å². The van der Waals surface area contributed by atoms with Crippen LogP contribution in [0.1, 0.15) is 50.9 Å². The first-order valence-electron chi connectivity index (χ1n) is 11.0. The van der Waals surface area contributed by atoms with Gasteiger partial charge in [-0.05, 0) is 47.9 Å². The third kappa shape index (κ3) is 4.84. The number of aryl methyl sites for hydroxylation is 1. The van der Waals surface area contributed by atoms with Gasteiger partial charge in [0.15, 0.2) is 11.5 Å². The predicted octanol–water partition coefficient (Wildman–Crippen LogP) is 5.31. The molecule has 2 aromatic carbocycles. The van der Waals surface area contributed by atoms with Gasteiger partial charge in [0.05, 0.1) is 11.1 Å². The van der Waals surface area contributed by atoms with E-state index in [9.17, 15) is 31.1 Å². The highest BCUT2D eigenvalue weighted by molar-refractivity contribution is 5.92. The molecule has 1 amide bonds. The number of imidazole rings is 1. The number of amides is 1. The van der Waals surface area contributed by atoms with E-state index in [0.717, 1.165) is 17.7 Å². The number of benzene rings is 2. The third-order valence-corrected chi connectivity index (χ3v) is 6.20. The quantitative estimate of drug-likeness (QED) is 0.483. The molecule has 3 aromatic rings. The van der Waals surface area contributed by atoms with Crippen molar-refractivity contribution in [1.29, 1.82) is 0 Å². The topological polar surface area (TPSA) is 65.4 Å². The molecule has 0 aliphatic carbocycles. The first-order chi connectivity index (χ1) is 17.0. The minimum Gasteiger partial charge on any atom is -0.454 e. The van der Waals surface area contributed by atoms with E-state index in [0.29, 0.717) is 30.2 Å². The zero-order valence-corrected chi connectivity index (χ0v) is 18.5. The van der Waals surface area contributed by atoms with E-state index in [1.807, 2.05) is 0 Å². The molecule has 1 N–H and O–H groups in total. The van der Waals surface area contributed by atoms with Gasteiger partial charge in [-0.2, -0.15) is 26.3 Å². The van der Waals surface area contributed by atoms with Crippen LogP contribution in [-0.2, 0) is 31.9 Å². The Labute approximate surface area is 200 Å². The molecule has 2 aliphatic rings. The second-order valence-electron chi connectivity index (χ2n) is 8.64. The second kappa shape index (κ2) is 8.75. The Hall–Kier alpha value is -3.70. The molecule has 0 saturated carbocycles. The molecule has 0 radical (unpaired) electrons. The number of carbonyl (C=O) groups is 1. The molecule has 1 unspecified atom stereocenters. The Bertz CT molecular complexity index is 1280. The van der Waals surface area contributed by atoms with Crippen molar-refractivity contribution in [3.05, 3.63) is 76.4 Å². The summed E-state index contributed by atoms with van der Waals surface area (Å²) in [6, 6.07) is 6.91. The summed E-state index contributed by atoms with van der Waals surface area (Å²) in [4.78, 5) is 16.9. The van der Waals surface area contributed by atoms with Crippen LogP contribution in [0.25, 0.3) is 0 Å². The number of hydrogen-bond acceptors (Lipinski definition) is 4. The average molecular weight is 511 g/mol. The lowest BCUT2D eigenvalue weighted by atomic mass is 9.89. The molecular formula is C24H19F6N3O3. The summed E-state index contributed by atoms with van der Waals surface area (Å²) in [6.45, 7) is 0.436. The van der Waals surface area contributed by atoms with E-state index < -0.39 is 35.3 Å². The summed E-state index contributed by atoms with van der Waals surface area (Å²) in [7, 11) is 0. The molecule has 5 rings (SSSR count). The second-order valence-corrected chi connectivity index (χ2v) is 8.64. The monoisotopic (exact) mass is 511 g/mol. The third-order valence-electron chi connectivity index (χ3n) is 6.20. The number of carbonyl (C=O) groups excluding carboxylic acids is 1. The number of nitrogens with zero attached hydrogens (tertiary/aromatic N) is 2. The number of alkyl halides is 6. The van der Waals surface area contributed by atoms with Gasteiger partial charge in [0, 0.05) is 31.6 Å². The number of halogens is 6. The lowest BCUT2D eigenvalue weighted by Gasteiger charge is -2.25. The number of hydrogen-bond donors (Lipinski definition) is 1. The van der Waals surface area contributed by atoms with Crippen molar-refractivity contribution < 1.29 is 40.6 Å². The van der Waals surface area contributed by atoms with Crippen molar-refractivity contribution >= 4 is 5.91 Å². The summed E-state index contributed by atoms with van der Waals surface area (Å²) in [5.74, 6) is 0.685. The van der Waals surface area contributed by atoms with Gasteiger partial charge in [-0.1, -0.05) is 6.07 Å². The van der Waals surface area contributed by atoms with Gasteiger partial charge in [-0.15, -0.1) is 0 Å². The Kier molecular flexibility index (Phi) is 5.84. The highest BCUT2D eigenvalue weighted by atomic mass is 19.4. The maximum absolute atomic E-state index is 13.3. The summed E-state index contributed by atoms with van der Waals surface area (Å²) < 4.78 is 91.7. The number of nitrogens with one attached hydrogen (secondary N) is 1. The van der Waals surface area contributed by atoms with Crippen LogP contribution >= 0.6 is 0 Å². The molecule has 12 heteroatoms. The first kappa shape index (κ1) is 24.0. The Morgan fingerprint density at radius 3 is 2.39 bits per heavy atom. The summed E-state index contributed by atoms with van der Waals surface area (Å²) in [5.41, 5.74) is -1.84. The number of ether oxygens (including phenoxy) is 2. The Morgan fingerprint density at radius 2 is 1.69 bits per heavy atom. The van der Waals surface area contributed by atoms with Crippen LogP contribution in [-0.4, -0.2) is 22.3 Å². The Balaban J connectivity index is 1.31. The molecule has 2 aliphatic heterocycles. The zero-order chi connectivity index (χ0) is 25.7. The number of aromatic nitrogens is 2. The number of fused-ring (bicyclic) bond motifs is 2. The maximum Gasteiger partial charge on any atom is 0.416 e. The van der Waals surface area contributed by atoms with Crippen molar-refractivity contribution in [2.24, 2.45) is 0 Å². The van der Waals surface area contributed by atoms with Gasteiger partial charge in [-0.3, -0.25) is 4.79 Å². The fourth-order valence-corrected chi connectivity index (χ4v) is 4.36. The van der Waals surface area contributed by atoms with Crippen LogP contribution in [0, 0.1) is 0 Å². The van der Waals surface area contributed by atoms with E-state index in [2.05, 4.69) is 10.3 Å². The van der Waals surface area contributed by atoms with Crippen molar-refractivity contribution in [2.45, 2.75) is 44.2 Å². The Morgan fingerprint density at radius 1 is 1.00 bits per heavy atom. The average Bonchev–Trinajstić information content (AvgIpc) is 3.47. The summed E-state index contributed by atoms with van der Waals surface area (Å²) in [6.07, 6.45) is -7.75. The molecule has 1 atom stereocenters. The molecule has 190 valence electrons. The van der Waals surface area contributed by atoms with Gasteiger partial charge in [0.2, 0.25) is 6.79 Å². The van der Waals surface area contributed by atoms with Gasteiger partial charge in [0.25, 0.3) is 5.91 Å². The van der Waals surface area contributed by atoms with Crippen molar-refractivity contribution in [1.82, 2.24) is 14.9 Å². The molecule has 6 nitrogen and oxygen atoms in total. The standard InChI is InChI=1S/C24H19F6N3O3/c25-23(26,27)16-6-15(7-17(8-16)24(28,29)30)14-2-4-21-32-18(11-33(21)10-14)22(34)31-9-13-1-3-19-20(5-13)36-12-35-19/h1,3,5-8,11,14H,2,4,9-10,12H2,(H,31,34). The maximum atomic E-state index is 13.3. The summed E-state index contributed by atoms with van der Waals surface area (Å²) >= 11 is 0. The van der Waals surface area contributed by atoms with E-state index in [-0.39, 0.29) is 37.2 Å². The van der Waals surface area contributed by atoms with Crippen LogP contribution in [0.2, 0.25) is 0 Å². The number of rotatable bonds is 4. The minimum absolute atomic E-state index is 0.0506. The molecular weight excluding hydrogens is 492 g/mol. The van der Waals surface area contributed by atoms with Crippen LogP contribution in [0.4, 0.5) is 26.3 Å². The lowest BCUT2D eigenvalue weighted by Crippen LogP contribution is -2.23. The minimum atomic E-state index is -4.91. The van der Waals surface area contributed by atoms with E-state index in [4.69, 9.17) is 9.47 Å². The van der Waals surface area contributed by atoms with Crippen molar-refractivity contribution in [2.75, 3.05) is 6.79 Å². The first-order valence-corrected chi connectivity index (χ1v) is 11.0.